The van der Waals surface area contributed by atoms with E-state index in [9.17, 15) is 4.79 Å². The van der Waals surface area contributed by atoms with E-state index in [0.29, 0.717) is 24.9 Å². The average Bonchev–Trinajstić information content (AvgIpc) is 3.31. The van der Waals surface area contributed by atoms with Gasteiger partial charge in [0, 0.05) is 31.5 Å². The van der Waals surface area contributed by atoms with Crippen LogP contribution in [0.4, 0.5) is 0 Å². The SMILES string of the molecule is CC(C)c1noc([C@H](NC(=O)[C@@H](C)n2cccc2)C2CCOCC2)n1. The zero-order valence-electron chi connectivity index (χ0n) is 15.0. The molecule has 3 heterocycles. The summed E-state index contributed by atoms with van der Waals surface area (Å²) >= 11 is 0. The Labute approximate surface area is 147 Å². The zero-order chi connectivity index (χ0) is 17.8. The molecule has 0 aromatic carbocycles. The third-order valence-electron chi connectivity index (χ3n) is 4.73. The summed E-state index contributed by atoms with van der Waals surface area (Å²) in [6.07, 6.45) is 5.50. The molecule has 0 spiro atoms. The predicted molar refractivity (Wildman–Crippen MR) is 92.0 cm³/mol. The van der Waals surface area contributed by atoms with Gasteiger partial charge in [-0.2, -0.15) is 4.98 Å². The first kappa shape index (κ1) is 17.7. The quantitative estimate of drug-likeness (QED) is 0.870. The number of aromatic nitrogens is 3. The van der Waals surface area contributed by atoms with Crippen LogP contribution in [-0.2, 0) is 9.53 Å². The minimum Gasteiger partial charge on any atom is -0.381 e. The Hall–Kier alpha value is -2.15. The van der Waals surface area contributed by atoms with Crippen LogP contribution in [0.2, 0.25) is 0 Å². The van der Waals surface area contributed by atoms with E-state index in [0.717, 1.165) is 12.8 Å². The summed E-state index contributed by atoms with van der Waals surface area (Å²) in [5, 5.41) is 7.19. The molecule has 1 N–H and O–H groups in total. The van der Waals surface area contributed by atoms with Crippen molar-refractivity contribution in [2.24, 2.45) is 5.92 Å². The largest absolute Gasteiger partial charge is 0.381 e. The van der Waals surface area contributed by atoms with Gasteiger partial charge in [-0.05, 0) is 37.8 Å². The first-order valence-corrected chi connectivity index (χ1v) is 8.90. The predicted octanol–water partition coefficient (Wildman–Crippen LogP) is 2.84. The van der Waals surface area contributed by atoms with Crippen LogP contribution in [0.3, 0.4) is 0 Å². The number of nitrogens with one attached hydrogen (secondary N) is 1. The van der Waals surface area contributed by atoms with Crippen molar-refractivity contribution in [2.75, 3.05) is 13.2 Å². The number of carbonyl (C=O) groups is 1. The second kappa shape index (κ2) is 7.82. The molecule has 1 aliphatic heterocycles. The molecule has 1 amide bonds. The van der Waals surface area contributed by atoms with Crippen LogP contribution in [0.25, 0.3) is 0 Å². The molecular formula is C18H26N4O3. The van der Waals surface area contributed by atoms with Gasteiger partial charge in [0.05, 0.1) is 0 Å². The zero-order valence-corrected chi connectivity index (χ0v) is 15.0. The molecule has 2 aromatic rings. The van der Waals surface area contributed by atoms with Crippen LogP contribution >= 0.6 is 0 Å². The summed E-state index contributed by atoms with van der Waals surface area (Å²) in [7, 11) is 0. The number of hydrogen-bond acceptors (Lipinski definition) is 5. The lowest BCUT2D eigenvalue weighted by atomic mass is 9.91. The van der Waals surface area contributed by atoms with E-state index in [1.807, 2.05) is 49.9 Å². The van der Waals surface area contributed by atoms with E-state index in [2.05, 4.69) is 15.5 Å². The van der Waals surface area contributed by atoms with Gasteiger partial charge in [0.2, 0.25) is 11.8 Å². The van der Waals surface area contributed by atoms with E-state index in [4.69, 9.17) is 9.26 Å². The summed E-state index contributed by atoms with van der Waals surface area (Å²) in [6.45, 7) is 7.30. The second-order valence-corrected chi connectivity index (χ2v) is 6.89. The van der Waals surface area contributed by atoms with E-state index < -0.39 is 0 Å². The number of rotatable bonds is 6. The third-order valence-corrected chi connectivity index (χ3v) is 4.73. The lowest BCUT2D eigenvalue weighted by Crippen LogP contribution is -2.39. The van der Waals surface area contributed by atoms with E-state index >= 15 is 0 Å². The Morgan fingerprint density at radius 3 is 2.52 bits per heavy atom. The van der Waals surface area contributed by atoms with Crippen LogP contribution in [0.15, 0.2) is 29.0 Å². The molecule has 0 aliphatic carbocycles. The first-order valence-electron chi connectivity index (χ1n) is 8.90. The molecule has 7 heteroatoms. The normalized spacial score (nSPS) is 18.2. The van der Waals surface area contributed by atoms with Gasteiger partial charge in [0.15, 0.2) is 5.82 Å². The van der Waals surface area contributed by atoms with Gasteiger partial charge in [0.1, 0.15) is 12.1 Å². The van der Waals surface area contributed by atoms with Crippen LogP contribution in [-0.4, -0.2) is 33.8 Å². The lowest BCUT2D eigenvalue weighted by molar-refractivity contribution is -0.125. The summed E-state index contributed by atoms with van der Waals surface area (Å²) in [5.74, 6) is 1.51. The Morgan fingerprint density at radius 2 is 1.92 bits per heavy atom. The maximum Gasteiger partial charge on any atom is 0.249 e. The molecule has 1 saturated heterocycles. The third kappa shape index (κ3) is 4.10. The molecule has 3 rings (SSSR count). The highest BCUT2D eigenvalue weighted by atomic mass is 16.5. The molecule has 2 atom stereocenters. The van der Waals surface area contributed by atoms with Gasteiger partial charge < -0.3 is 19.1 Å². The molecule has 1 fully saturated rings. The molecule has 0 unspecified atom stereocenters. The van der Waals surface area contributed by atoms with Crippen molar-refractivity contribution in [3.8, 4) is 0 Å². The molecule has 7 nitrogen and oxygen atoms in total. The fourth-order valence-corrected chi connectivity index (χ4v) is 3.05. The second-order valence-electron chi connectivity index (χ2n) is 6.89. The smallest absolute Gasteiger partial charge is 0.249 e. The molecule has 136 valence electrons. The van der Waals surface area contributed by atoms with Gasteiger partial charge in [-0.15, -0.1) is 0 Å². The van der Waals surface area contributed by atoms with Crippen molar-refractivity contribution in [2.45, 2.75) is 51.6 Å². The van der Waals surface area contributed by atoms with Crippen molar-refractivity contribution >= 4 is 5.91 Å². The molecule has 0 saturated carbocycles. The lowest BCUT2D eigenvalue weighted by Gasteiger charge is -2.29. The van der Waals surface area contributed by atoms with Crippen LogP contribution in [0.5, 0.6) is 0 Å². The highest BCUT2D eigenvalue weighted by molar-refractivity contribution is 5.80. The van der Waals surface area contributed by atoms with E-state index in [-0.39, 0.29) is 29.8 Å². The van der Waals surface area contributed by atoms with E-state index in [1.54, 1.807) is 0 Å². The Morgan fingerprint density at radius 1 is 1.24 bits per heavy atom. The van der Waals surface area contributed by atoms with Crippen molar-refractivity contribution in [3.63, 3.8) is 0 Å². The maximum absolute atomic E-state index is 12.8. The van der Waals surface area contributed by atoms with Gasteiger partial charge in [-0.1, -0.05) is 19.0 Å². The monoisotopic (exact) mass is 346 g/mol. The molecule has 1 aliphatic rings. The Bertz CT molecular complexity index is 674. The van der Waals surface area contributed by atoms with Crippen molar-refractivity contribution in [1.82, 2.24) is 20.0 Å². The molecular weight excluding hydrogens is 320 g/mol. The molecule has 0 bridgehead atoms. The number of nitrogens with zero attached hydrogens (tertiary/aromatic N) is 3. The molecule has 2 aromatic heterocycles. The number of hydrogen-bond donors (Lipinski definition) is 1. The topological polar surface area (TPSA) is 82.2 Å². The van der Waals surface area contributed by atoms with Gasteiger partial charge in [0.25, 0.3) is 0 Å². The number of ether oxygens (including phenoxy) is 1. The Kier molecular flexibility index (Phi) is 5.53. The van der Waals surface area contributed by atoms with Crippen molar-refractivity contribution in [3.05, 3.63) is 36.2 Å². The van der Waals surface area contributed by atoms with Crippen molar-refractivity contribution < 1.29 is 14.1 Å². The number of carbonyl (C=O) groups excluding carboxylic acids is 1. The average molecular weight is 346 g/mol. The minimum absolute atomic E-state index is 0.0583. The van der Waals surface area contributed by atoms with Gasteiger partial charge >= 0.3 is 0 Å². The minimum atomic E-state index is -0.301. The fourth-order valence-electron chi connectivity index (χ4n) is 3.05. The highest BCUT2D eigenvalue weighted by Crippen LogP contribution is 2.30. The summed E-state index contributed by atoms with van der Waals surface area (Å²) in [6, 6.07) is 3.23. The maximum atomic E-state index is 12.8. The Balaban J connectivity index is 1.79. The fraction of sp³-hybridized carbons (Fsp3) is 0.611. The van der Waals surface area contributed by atoms with E-state index in [1.165, 1.54) is 0 Å². The van der Waals surface area contributed by atoms with Gasteiger partial charge in [-0.3, -0.25) is 4.79 Å². The van der Waals surface area contributed by atoms with Crippen LogP contribution in [0, 0.1) is 5.92 Å². The summed E-state index contributed by atoms with van der Waals surface area (Å²) in [5.41, 5.74) is 0. The highest BCUT2D eigenvalue weighted by Gasteiger charge is 2.32. The summed E-state index contributed by atoms with van der Waals surface area (Å²) in [4.78, 5) is 17.3. The molecule has 0 radical (unpaired) electrons. The summed E-state index contributed by atoms with van der Waals surface area (Å²) < 4.78 is 12.8. The van der Waals surface area contributed by atoms with Crippen molar-refractivity contribution in [1.29, 1.82) is 0 Å². The van der Waals surface area contributed by atoms with Crippen LogP contribution < -0.4 is 5.32 Å². The molecule has 25 heavy (non-hydrogen) atoms. The van der Waals surface area contributed by atoms with Gasteiger partial charge in [-0.25, -0.2) is 0 Å². The first-order chi connectivity index (χ1) is 12.1. The standard InChI is InChI=1S/C18H26N4O3/c1-12(2)16-20-18(25-21-16)15(14-6-10-24-11-7-14)19-17(23)13(3)22-8-4-5-9-22/h4-5,8-9,12-15H,6-7,10-11H2,1-3H3,(H,19,23)/t13-,15-/m1/s1. The van der Waals surface area contributed by atoms with Crippen LogP contribution in [0.1, 0.15) is 63.3 Å². The number of amides is 1.